The molecule has 0 fully saturated rings. The third-order valence-electron chi connectivity index (χ3n) is 4.35. The summed E-state index contributed by atoms with van der Waals surface area (Å²) in [5.41, 5.74) is 3.32. The molecule has 1 aliphatic rings. The van der Waals surface area contributed by atoms with E-state index in [9.17, 15) is 26.7 Å². The smallest absolute Gasteiger partial charge is 0.360 e. The monoisotopic (exact) mass is 379 g/mol. The quantitative estimate of drug-likeness (QED) is 0.641. The molecular formula is C18H10F5N3O. The van der Waals surface area contributed by atoms with E-state index in [2.05, 4.69) is 15.5 Å². The van der Waals surface area contributed by atoms with Crippen LogP contribution in [0, 0.1) is 0 Å². The Labute approximate surface area is 148 Å². The van der Waals surface area contributed by atoms with Gasteiger partial charge in [0.25, 0.3) is 5.91 Å². The van der Waals surface area contributed by atoms with Gasteiger partial charge in [0.2, 0.25) is 0 Å². The second kappa shape index (κ2) is 5.63. The van der Waals surface area contributed by atoms with E-state index in [-0.39, 0.29) is 11.3 Å². The van der Waals surface area contributed by atoms with Gasteiger partial charge in [-0.2, -0.15) is 27.1 Å². The van der Waals surface area contributed by atoms with Crippen LogP contribution < -0.4 is 5.43 Å². The number of amides is 1. The molecule has 2 N–H and O–H groups in total. The summed E-state index contributed by atoms with van der Waals surface area (Å²) in [4.78, 5) is 15.2. The summed E-state index contributed by atoms with van der Waals surface area (Å²) < 4.78 is 64.5. The highest BCUT2D eigenvalue weighted by Gasteiger charge is 2.58. The normalized spacial score (nSPS) is 14.7. The molecule has 0 bridgehead atoms. The van der Waals surface area contributed by atoms with Gasteiger partial charge >= 0.3 is 12.1 Å². The number of hydrogen-bond acceptors (Lipinski definition) is 2. The molecule has 1 aliphatic heterocycles. The number of H-pyrrole nitrogens is 1. The number of nitrogens with one attached hydrogen (secondary N) is 2. The van der Waals surface area contributed by atoms with E-state index in [0.29, 0.717) is 34.2 Å². The molecule has 1 aromatic heterocycles. The van der Waals surface area contributed by atoms with Gasteiger partial charge in [-0.15, -0.1) is 0 Å². The molecule has 138 valence electrons. The van der Waals surface area contributed by atoms with Crippen molar-refractivity contribution < 1.29 is 26.7 Å². The van der Waals surface area contributed by atoms with E-state index >= 15 is 0 Å². The molecule has 0 radical (unpaired) electrons. The van der Waals surface area contributed by atoms with E-state index in [1.807, 2.05) is 0 Å². The van der Waals surface area contributed by atoms with Gasteiger partial charge in [0, 0.05) is 33.8 Å². The molecule has 4 nitrogen and oxygen atoms in total. The van der Waals surface area contributed by atoms with Gasteiger partial charge in [0.15, 0.2) is 0 Å². The second-order valence-electron chi connectivity index (χ2n) is 5.98. The number of nitrogens with zero attached hydrogens (tertiary/aromatic N) is 1. The van der Waals surface area contributed by atoms with Gasteiger partial charge in [-0.25, -0.2) is 5.43 Å². The summed E-state index contributed by atoms with van der Waals surface area (Å²) in [6.45, 7) is 0. The van der Waals surface area contributed by atoms with Crippen molar-refractivity contribution in [2.75, 3.05) is 0 Å². The summed E-state index contributed by atoms with van der Waals surface area (Å²) in [6.07, 6.45) is -4.08. The number of carbonyl (C=O) groups is 1. The van der Waals surface area contributed by atoms with E-state index in [0.717, 1.165) is 12.1 Å². The molecule has 0 aliphatic carbocycles. The molecule has 2 aromatic carbocycles. The Kier molecular flexibility index (Phi) is 3.59. The highest BCUT2D eigenvalue weighted by Crippen LogP contribution is 2.43. The lowest BCUT2D eigenvalue weighted by atomic mass is 9.97. The number of hydrogen-bond donors (Lipinski definition) is 2. The maximum Gasteiger partial charge on any atom is 0.458 e. The number of halogens is 5. The van der Waals surface area contributed by atoms with Crippen molar-refractivity contribution in [1.82, 2.24) is 10.4 Å². The predicted octanol–water partition coefficient (Wildman–Crippen LogP) is 4.32. The third-order valence-corrected chi connectivity index (χ3v) is 4.35. The van der Waals surface area contributed by atoms with Crippen LogP contribution in [0.2, 0.25) is 0 Å². The molecule has 9 heteroatoms. The predicted molar refractivity (Wildman–Crippen MR) is 87.8 cm³/mol. The summed E-state index contributed by atoms with van der Waals surface area (Å²) >= 11 is 0. The molecule has 3 aromatic rings. The maximum atomic E-state index is 13.5. The molecule has 4 rings (SSSR count). The molecule has 0 saturated carbocycles. The van der Waals surface area contributed by atoms with E-state index < -0.39 is 23.6 Å². The Hall–Kier alpha value is -3.23. The van der Waals surface area contributed by atoms with Gasteiger partial charge in [-0.1, -0.05) is 30.3 Å². The first kappa shape index (κ1) is 17.2. The standard InChI is InChI=1S/C18H10F5N3O/c19-17(20,18(21,22)23)10-6-4-9(5-7-10)15-12-8-24-13-3-1-2-11(14(12)13)16(27)26-25-15/h1-8,24H,(H,26,27). The fraction of sp³-hybridized carbons (Fsp3) is 0.111. The van der Waals surface area contributed by atoms with Crippen LogP contribution in [0.3, 0.4) is 0 Å². The lowest BCUT2D eigenvalue weighted by Crippen LogP contribution is -2.33. The van der Waals surface area contributed by atoms with Gasteiger partial charge in [0.1, 0.15) is 5.71 Å². The van der Waals surface area contributed by atoms with Crippen LogP contribution in [-0.4, -0.2) is 22.8 Å². The van der Waals surface area contributed by atoms with Crippen molar-refractivity contribution in [3.63, 3.8) is 0 Å². The lowest BCUT2D eigenvalue weighted by molar-refractivity contribution is -0.289. The van der Waals surface area contributed by atoms with Gasteiger partial charge < -0.3 is 4.98 Å². The van der Waals surface area contributed by atoms with E-state index in [1.54, 1.807) is 24.4 Å². The van der Waals surface area contributed by atoms with Crippen LogP contribution in [0.1, 0.15) is 27.0 Å². The topological polar surface area (TPSA) is 57.2 Å². The summed E-state index contributed by atoms with van der Waals surface area (Å²) in [5, 5.41) is 4.61. The zero-order valence-electron chi connectivity index (χ0n) is 13.4. The minimum atomic E-state index is -5.69. The third kappa shape index (κ3) is 2.57. The van der Waals surface area contributed by atoms with Gasteiger partial charge in [-0.05, 0) is 12.1 Å². The van der Waals surface area contributed by atoms with Crippen molar-refractivity contribution in [2.24, 2.45) is 5.10 Å². The van der Waals surface area contributed by atoms with Crippen molar-refractivity contribution in [1.29, 1.82) is 0 Å². The van der Waals surface area contributed by atoms with Crippen molar-refractivity contribution >= 4 is 22.5 Å². The first-order valence-electron chi connectivity index (χ1n) is 7.74. The number of alkyl halides is 5. The van der Waals surface area contributed by atoms with Crippen LogP contribution in [0.4, 0.5) is 22.0 Å². The van der Waals surface area contributed by atoms with Crippen LogP contribution in [0.15, 0.2) is 53.8 Å². The molecule has 27 heavy (non-hydrogen) atoms. The fourth-order valence-corrected chi connectivity index (χ4v) is 3.01. The first-order chi connectivity index (χ1) is 12.7. The summed E-state index contributed by atoms with van der Waals surface area (Å²) in [6, 6.07) is 8.70. The number of hydrazone groups is 1. The van der Waals surface area contributed by atoms with Crippen LogP contribution >= 0.6 is 0 Å². The summed E-state index contributed by atoms with van der Waals surface area (Å²) in [7, 11) is 0. The average Bonchev–Trinajstić information content (AvgIpc) is 2.99. The maximum absolute atomic E-state index is 13.5. The Morgan fingerprint density at radius 2 is 1.59 bits per heavy atom. The minimum absolute atomic E-state index is 0.251. The molecular weight excluding hydrogens is 369 g/mol. The van der Waals surface area contributed by atoms with Crippen LogP contribution in [0.25, 0.3) is 10.9 Å². The number of aromatic nitrogens is 1. The number of aromatic amines is 1. The van der Waals surface area contributed by atoms with Crippen LogP contribution in [0.5, 0.6) is 0 Å². The average molecular weight is 379 g/mol. The zero-order valence-corrected chi connectivity index (χ0v) is 13.4. The van der Waals surface area contributed by atoms with Crippen LogP contribution in [-0.2, 0) is 5.92 Å². The van der Waals surface area contributed by atoms with Crippen molar-refractivity contribution in [3.05, 3.63) is 70.9 Å². The molecule has 0 unspecified atom stereocenters. The Balaban J connectivity index is 1.81. The Bertz CT molecular complexity index is 1080. The van der Waals surface area contributed by atoms with Crippen molar-refractivity contribution in [2.45, 2.75) is 12.1 Å². The molecule has 0 spiro atoms. The number of carbonyl (C=O) groups excluding carboxylic acids is 1. The van der Waals surface area contributed by atoms with E-state index in [1.165, 1.54) is 0 Å². The van der Waals surface area contributed by atoms with Gasteiger partial charge in [-0.3, -0.25) is 4.79 Å². The molecule has 2 heterocycles. The lowest BCUT2D eigenvalue weighted by Gasteiger charge is -2.20. The minimum Gasteiger partial charge on any atom is -0.360 e. The highest BCUT2D eigenvalue weighted by atomic mass is 19.4. The van der Waals surface area contributed by atoms with E-state index in [4.69, 9.17) is 0 Å². The van der Waals surface area contributed by atoms with Crippen molar-refractivity contribution in [3.8, 4) is 0 Å². The SMILES string of the molecule is O=C1NN=C(c2ccc(C(F)(F)C(F)(F)F)cc2)c2c[nH]c3cccc1c23. The molecule has 0 atom stereocenters. The number of benzene rings is 2. The fourth-order valence-electron chi connectivity index (χ4n) is 3.01. The summed E-state index contributed by atoms with van der Waals surface area (Å²) in [5.74, 6) is -5.41. The second-order valence-corrected chi connectivity index (χ2v) is 5.98. The van der Waals surface area contributed by atoms with Gasteiger partial charge in [0.05, 0.1) is 5.56 Å². The zero-order chi connectivity index (χ0) is 19.4. The number of rotatable bonds is 2. The Morgan fingerprint density at radius 1 is 0.889 bits per heavy atom. The molecule has 1 amide bonds. The first-order valence-corrected chi connectivity index (χ1v) is 7.74. The highest BCUT2D eigenvalue weighted by molar-refractivity contribution is 6.24. The Morgan fingerprint density at radius 3 is 2.26 bits per heavy atom. The largest absolute Gasteiger partial charge is 0.458 e. The molecule has 0 saturated heterocycles.